The van der Waals surface area contributed by atoms with Gasteiger partial charge in [0.15, 0.2) is 0 Å². The Labute approximate surface area is 103 Å². The summed E-state index contributed by atoms with van der Waals surface area (Å²) in [5, 5.41) is 0. The summed E-state index contributed by atoms with van der Waals surface area (Å²) < 4.78 is 8.25. The molecular formula is C14H22N2O. The largest absolute Gasteiger partial charge is 0.378 e. The van der Waals surface area contributed by atoms with Gasteiger partial charge in [0.25, 0.3) is 0 Å². The molecule has 94 valence electrons. The van der Waals surface area contributed by atoms with E-state index >= 15 is 0 Å². The third-order valence-corrected chi connectivity index (χ3v) is 4.18. The summed E-state index contributed by atoms with van der Waals surface area (Å²) in [5.41, 5.74) is 1.43. The minimum atomic E-state index is 0.410. The van der Waals surface area contributed by atoms with Gasteiger partial charge < -0.3 is 9.30 Å². The van der Waals surface area contributed by atoms with Gasteiger partial charge in [-0.2, -0.15) is 0 Å². The van der Waals surface area contributed by atoms with Crippen LogP contribution in [0.3, 0.4) is 0 Å². The van der Waals surface area contributed by atoms with Crippen molar-refractivity contribution in [3.63, 3.8) is 0 Å². The summed E-state index contributed by atoms with van der Waals surface area (Å²) in [6.07, 6.45) is 9.86. The molecule has 0 saturated carbocycles. The van der Waals surface area contributed by atoms with Crippen molar-refractivity contribution in [3.05, 3.63) is 17.7 Å². The van der Waals surface area contributed by atoms with E-state index in [0.29, 0.717) is 12.0 Å². The van der Waals surface area contributed by atoms with Crippen molar-refractivity contribution in [2.75, 3.05) is 6.61 Å². The van der Waals surface area contributed by atoms with E-state index in [1.807, 2.05) is 0 Å². The molecule has 0 bridgehead atoms. The first-order valence-corrected chi connectivity index (χ1v) is 7.00. The maximum absolute atomic E-state index is 5.82. The predicted octanol–water partition coefficient (Wildman–Crippen LogP) is 2.89. The fourth-order valence-electron chi connectivity index (χ4n) is 3.12. The van der Waals surface area contributed by atoms with Crippen LogP contribution in [0.4, 0.5) is 0 Å². The quantitative estimate of drug-likeness (QED) is 0.786. The maximum atomic E-state index is 5.82. The van der Waals surface area contributed by atoms with Gasteiger partial charge in [0.05, 0.1) is 6.10 Å². The van der Waals surface area contributed by atoms with Gasteiger partial charge in [-0.15, -0.1) is 0 Å². The van der Waals surface area contributed by atoms with Gasteiger partial charge in [-0.25, -0.2) is 4.98 Å². The molecule has 0 radical (unpaired) electrons. The Morgan fingerprint density at radius 2 is 2.29 bits per heavy atom. The number of ether oxygens (including phenoxy) is 1. The van der Waals surface area contributed by atoms with Crippen LogP contribution in [0.1, 0.15) is 56.5 Å². The SMILES string of the molecule is CC1CCCn2c1cnc2CC1CCCCO1. The van der Waals surface area contributed by atoms with Gasteiger partial charge in [0.1, 0.15) is 5.82 Å². The van der Waals surface area contributed by atoms with Crippen molar-refractivity contribution in [3.8, 4) is 0 Å². The molecule has 0 N–H and O–H groups in total. The van der Waals surface area contributed by atoms with Gasteiger partial charge in [-0.1, -0.05) is 6.92 Å². The van der Waals surface area contributed by atoms with Crippen LogP contribution in [0.2, 0.25) is 0 Å². The minimum Gasteiger partial charge on any atom is -0.378 e. The van der Waals surface area contributed by atoms with E-state index in [-0.39, 0.29) is 0 Å². The molecule has 0 spiro atoms. The second-order valence-electron chi connectivity index (χ2n) is 5.49. The monoisotopic (exact) mass is 234 g/mol. The van der Waals surface area contributed by atoms with Gasteiger partial charge in [-0.05, 0) is 38.0 Å². The zero-order valence-electron chi connectivity index (χ0n) is 10.7. The Kier molecular flexibility index (Phi) is 3.19. The van der Waals surface area contributed by atoms with E-state index in [1.54, 1.807) is 0 Å². The number of nitrogens with zero attached hydrogens (tertiary/aromatic N) is 2. The minimum absolute atomic E-state index is 0.410. The van der Waals surface area contributed by atoms with Crippen LogP contribution in [0.15, 0.2) is 6.20 Å². The molecule has 2 aliphatic rings. The van der Waals surface area contributed by atoms with Gasteiger partial charge in [-0.3, -0.25) is 0 Å². The first-order chi connectivity index (χ1) is 8.34. The van der Waals surface area contributed by atoms with Crippen molar-refractivity contribution >= 4 is 0 Å². The first kappa shape index (κ1) is 11.3. The molecule has 2 unspecified atom stereocenters. The third-order valence-electron chi connectivity index (χ3n) is 4.18. The number of imidazole rings is 1. The lowest BCUT2D eigenvalue weighted by Gasteiger charge is -2.25. The molecule has 3 rings (SSSR count). The Balaban J connectivity index is 1.74. The highest BCUT2D eigenvalue weighted by Crippen LogP contribution is 2.28. The highest BCUT2D eigenvalue weighted by Gasteiger charge is 2.22. The summed E-state index contributed by atoms with van der Waals surface area (Å²) in [4.78, 5) is 4.63. The zero-order valence-corrected chi connectivity index (χ0v) is 10.7. The Morgan fingerprint density at radius 3 is 3.12 bits per heavy atom. The van der Waals surface area contributed by atoms with E-state index in [9.17, 15) is 0 Å². The fourth-order valence-corrected chi connectivity index (χ4v) is 3.12. The molecule has 0 aliphatic carbocycles. The second kappa shape index (κ2) is 4.81. The van der Waals surface area contributed by atoms with Crippen LogP contribution in [0, 0.1) is 0 Å². The van der Waals surface area contributed by atoms with Crippen molar-refractivity contribution in [1.82, 2.24) is 9.55 Å². The molecule has 1 aromatic rings. The predicted molar refractivity (Wildman–Crippen MR) is 67.2 cm³/mol. The molecule has 1 aromatic heterocycles. The number of rotatable bonds is 2. The Bertz CT molecular complexity index is 380. The average molecular weight is 234 g/mol. The number of hydrogen-bond donors (Lipinski definition) is 0. The van der Waals surface area contributed by atoms with E-state index < -0.39 is 0 Å². The molecule has 17 heavy (non-hydrogen) atoms. The normalized spacial score (nSPS) is 29.0. The molecule has 1 fully saturated rings. The van der Waals surface area contributed by atoms with Crippen molar-refractivity contribution in [2.24, 2.45) is 0 Å². The average Bonchev–Trinajstić information content (AvgIpc) is 2.76. The lowest BCUT2D eigenvalue weighted by Crippen LogP contribution is -2.24. The van der Waals surface area contributed by atoms with Crippen molar-refractivity contribution < 1.29 is 4.74 Å². The topological polar surface area (TPSA) is 27.1 Å². The molecule has 0 aromatic carbocycles. The fraction of sp³-hybridized carbons (Fsp3) is 0.786. The maximum Gasteiger partial charge on any atom is 0.111 e. The lowest BCUT2D eigenvalue weighted by atomic mass is 9.98. The molecule has 2 atom stereocenters. The number of hydrogen-bond acceptors (Lipinski definition) is 2. The van der Waals surface area contributed by atoms with E-state index in [4.69, 9.17) is 4.74 Å². The van der Waals surface area contributed by atoms with Crippen LogP contribution in [0.5, 0.6) is 0 Å². The van der Waals surface area contributed by atoms with Crippen molar-refractivity contribution in [1.29, 1.82) is 0 Å². The standard InChI is InChI=1S/C14H22N2O/c1-11-5-4-7-16-13(11)10-15-14(16)9-12-6-2-3-8-17-12/h10-12H,2-9H2,1H3. The molecule has 3 heterocycles. The summed E-state index contributed by atoms with van der Waals surface area (Å²) in [6.45, 7) is 4.41. The smallest absolute Gasteiger partial charge is 0.111 e. The van der Waals surface area contributed by atoms with Gasteiger partial charge in [0, 0.05) is 31.5 Å². The van der Waals surface area contributed by atoms with Gasteiger partial charge in [0.2, 0.25) is 0 Å². The number of fused-ring (bicyclic) bond motifs is 1. The molecule has 2 aliphatic heterocycles. The van der Waals surface area contributed by atoms with Gasteiger partial charge >= 0.3 is 0 Å². The van der Waals surface area contributed by atoms with E-state index in [2.05, 4.69) is 22.7 Å². The molecule has 1 saturated heterocycles. The molecule has 0 amide bonds. The number of aromatic nitrogens is 2. The van der Waals surface area contributed by atoms with Crippen LogP contribution in [-0.4, -0.2) is 22.3 Å². The van der Waals surface area contributed by atoms with Crippen LogP contribution >= 0.6 is 0 Å². The summed E-state index contributed by atoms with van der Waals surface area (Å²) in [7, 11) is 0. The highest BCUT2D eigenvalue weighted by molar-refractivity contribution is 5.13. The van der Waals surface area contributed by atoms with Crippen LogP contribution < -0.4 is 0 Å². The van der Waals surface area contributed by atoms with E-state index in [1.165, 1.54) is 43.6 Å². The highest BCUT2D eigenvalue weighted by atomic mass is 16.5. The molecule has 3 heteroatoms. The summed E-state index contributed by atoms with van der Waals surface area (Å²) >= 11 is 0. The second-order valence-corrected chi connectivity index (χ2v) is 5.49. The van der Waals surface area contributed by atoms with Crippen LogP contribution in [0.25, 0.3) is 0 Å². The first-order valence-electron chi connectivity index (χ1n) is 7.00. The third kappa shape index (κ3) is 2.25. The Hall–Kier alpha value is -0.830. The summed E-state index contributed by atoms with van der Waals surface area (Å²) in [5.74, 6) is 1.93. The van der Waals surface area contributed by atoms with Crippen LogP contribution in [-0.2, 0) is 17.7 Å². The lowest BCUT2D eigenvalue weighted by molar-refractivity contribution is 0.0150. The zero-order chi connectivity index (χ0) is 11.7. The van der Waals surface area contributed by atoms with E-state index in [0.717, 1.165) is 19.6 Å². The van der Waals surface area contributed by atoms with Crippen molar-refractivity contribution in [2.45, 2.75) is 64.0 Å². The molecular weight excluding hydrogens is 212 g/mol. The molecule has 3 nitrogen and oxygen atoms in total. The summed E-state index contributed by atoms with van der Waals surface area (Å²) in [6, 6.07) is 0. The Morgan fingerprint density at radius 1 is 1.35 bits per heavy atom.